The Morgan fingerprint density at radius 3 is 0.948 bits per heavy atom. The molecule has 0 saturated heterocycles. The number of anilines is 6. The SMILES string of the molecule is CC(C)(C)c1cc2ccc3cc(-c4ccc5c(c4)B4c6ccc(-n7c8ccccc8c8ccccc87)cc6N(c6c(-c7ccccc7)cc(-c7ccccc7)cc6-c6ccccc6)c6cc(-n7c8ccccc8c8ccccc87)cc(c64)N5c4c(-c5ccccc5)cc(-c5ccccc5)cc4-c4ccccc4)cc4ccc(c1)c2c34. The minimum atomic E-state index is -0.336. The van der Waals surface area contributed by atoms with E-state index in [0.717, 1.165) is 140 Å². The second-order valence-electron chi connectivity index (χ2n) is 32.3. The van der Waals surface area contributed by atoms with Crippen LogP contribution in [0.1, 0.15) is 26.3 Å². The van der Waals surface area contributed by atoms with Crippen molar-refractivity contribution in [1.29, 1.82) is 0 Å². The van der Waals surface area contributed by atoms with Crippen LogP contribution in [0.3, 0.4) is 0 Å². The maximum Gasteiger partial charge on any atom is 0.252 e. The lowest BCUT2D eigenvalue weighted by Gasteiger charge is -2.46. The highest BCUT2D eigenvalue weighted by molar-refractivity contribution is 7.00. The third-order valence-corrected chi connectivity index (χ3v) is 24.7. The van der Waals surface area contributed by atoms with Crippen LogP contribution < -0.4 is 26.2 Å². The summed E-state index contributed by atoms with van der Waals surface area (Å²) in [6, 6.07) is 152. The molecule has 0 bridgehead atoms. The maximum absolute atomic E-state index is 2.73. The highest BCUT2D eigenvalue weighted by Gasteiger charge is 2.46. The largest absolute Gasteiger partial charge is 0.310 e. The Morgan fingerprint density at radius 1 is 0.226 bits per heavy atom. The van der Waals surface area contributed by atoms with Crippen molar-refractivity contribution in [2.45, 2.75) is 26.2 Å². The predicted octanol–water partition coefficient (Wildman–Crippen LogP) is 27.8. The Labute approximate surface area is 669 Å². The standard InChI is InChI=1S/C110H75BN4/c1-110(2,3)84-60-79-52-50-77-58-81(59-78-51-53-80(61-84)106(79)105(77)78)76-54-57-101-96(66-76)111-95-56-55-85(112-97-46-26-22-42-87(97)88-43-23-27-47-98(88)112)67-102(95)115(109-93(74-38-18-8-19-39-74)64-83(71-32-12-5-13-33-71)65-94(109)75-40-20-9-21-41-75)104-69-86(113-99-48-28-24-44-89(99)90-45-25-29-49-100(90)113)68-103(107(104)111)114(101)108-91(72-34-14-6-15-35-72)62-82(70-30-10-4-11-31-70)63-92(108)73-36-16-7-17-37-73/h4-69H,1-3H3. The maximum atomic E-state index is 2.73. The number of rotatable bonds is 11. The van der Waals surface area contributed by atoms with Crippen LogP contribution in [0.4, 0.5) is 34.1 Å². The molecule has 0 atom stereocenters. The summed E-state index contributed by atoms with van der Waals surface area (Å²) in [4.78, 5) is 5.44. The number of fused-ring (bicyclic) bond motifs is 10. The van der Waals surface area contributed by atoms with Gasteiger partial charge >= 0.3 is 0 Å². The molecular formula is C110H75BN4. The minimum absolute atomic E-state index is 0.00350. The zero-order valence-electron chi connectivity index (χ0n) is 64.0. The second-order valence-corrected chi connectivity index (χ2v) is 32.3. The lowest BCUT2D eigenvalue weighted by Crippen LogP contribution is -2.61. The molecule has 538 valence electrons. The zero-order valence-corrected chi connectivity index (χ0v) is 64.0. The van der Waals surface area contributed by atoms with E-state index in [9.17, 15) is 0 Å². The lowest BCUT2D eigenvalue weighted by atomic mass is 9.33. The normalized spacial score (nSPS) is 12.6. The molecule has 2 aliphatic rings. The topological polar surface area (TPSA) is 16.3 Å². The first kappa shape index (κ1) is 66.3. The monoisotopic (exact) mass is 1460 g/mol. The van der Waals surface area contributed by atoms with E-state index in [-0.39, 0.29) is 12.1 Å². The number of hydrogen-bond acceptors (Lipinski definition) is 2. The Kier molecular flexibility index (Phi) is 15.0. The van der Waals surface area contributed by atoms with Gasteiger partial charge in [-0.2, -0.15) is 0 Å². The molecule has 0 fully saturated rings. The molecule has 0 saturated carbocycles. The molecule has 0 N–H and O–H groups in total. The van der Waals surface area contributed by atoms with Crippen molar-refractivity contribution < 1.29 is 0 Å². The third-order valence-electron chi connectivity index (χ3n) is 24.7. The minimum Gasteiger partial charge on any atom is -0.310 e. The van der Waals surface area contributed by atoms with Crippen LogP contribution in [0, 0.1) is 0 Å². The van der Waals surface area contributed by atoms with Crippen molar-refractivity contribution in [3.8, 4) is 89.3 Å². The summed E-state index contributed by atoms with van der Waals surface area (Å²) in [5, 5.41) is 12.5. The van der Waals surface area contributed by atoms with Gasteiger partial charge in [0.2, 0.25) is 0 Å². The van der Waals surface area contributed by atoms with Gasteiger partial charge in [-0.25, -0.2) is 0 Å². The second kappa shape index (κ2) is 26.0. The fraction of sp³-hybridized carbons (Fsp3) is 0.0364. The van der Waals surface area contributed by atoms with E-state index >= 15 is 0 Å². The van der Waals surface area contributed by atoms with E-state index < -0.39 is 0 Å². The molecule has 4 heterocycles. The fourth-order valence-electron chi connectivity index (χ4n) is 19.4. The van der Waals surface area contributed by atoms with E-state index in [1.165, 1.54) is 81.4 Å². The summed E-state index contributed by atoms with van der Waals surface area (Å²) in [5.74, 6) is 0. The smallest absolute Gasteiger partial charge is 0.252 e. The summed E-state index contributed by atoms with van der Waals surface area (Å²) < 4.78 is 5.06. The van der Waals surface area contributed by atoms with Crippen LogP contribution in [0.2, 0.25) is 0 Å². The number of hydrogen-bond donors (Lipinski definition) is 0. The molecule has 0 unspecified atom stereocenters. The van der Waals surface area contributed by atoms with Gasteiger partial charge in [-0.15, -0.1) is 0 Å². The zero-order chi connectivity index (χ0) is 76.1. The van der Waals surface area contributed by atoms with Crippen molar-refractivity contribution in [3.05, 3.63) is 406 Å². The summed E-state index contributed by atoms with van der Waals surface area (Å²) in [7, 11) is 0. The van der Waals surface area contributed by atoms with Crippen LogP contribution in [0.15, 0.2) is 400 Å². The predicted molar refractivity (Wildman–Crippen MR) is 490 cm³/mol. The van der Waals surface area contributed by atoms with Gasteiger partial charge in [-0.05, 0) is 206 Å². The summed E-state index contributed by atoms with van der Waals surface area (Å²) in [5.41, 5.74) is 33.9. The Balaban J connectivity index is 0.905. The number of para-hydroxylation sites is 4. The van der Waals surface area contributed by atoms with Crippen molar-refractivity contribution in [2.75, 3.05) is 9.80 Å². The van der Waals surface area contributed by atoms with Crippen molar-refractivity contribution in [1.82, 2.24) is 9.13 Å². The summed E-state index contributed by atoms with van der Waals surface area (Å²) in [6.45, 7) is 6.62. The van der Waals surface area contributed by atoms with Crippen molar-refractivity contribution in [3.63, 3.8) is 0 Å². The molecular weight excluding hydrogens is 1390 g/mol. The van der Waals surface area contributed by atoms with Gasteiger partial charge in [0, 0.05) is 72.2 Å². The average Bonchev–Trinajstić information content (AvgIpc) is 1.13. The number of benzene rings is 19. The number of nitrogens with zero attached hydrogens (tertiary/aromatic N) is 4. The van der Waals surface area contributed by atoms with Gasteiger partial charge in [0.05, 0.1) is 39.1 Å². The van der Waals surface area contributed by atoms with E-state index in [1.54, 1.807) is 0 Å². The van der Waals surface area contributed by atoms with Gasteiger partial charge in [0.1, 0.15) is 0 Å². The first-order valence-electron chi connectivity index (χ1n) is 40.1. The van der Waals surface area contributed by atoms with E-state index in [4.69, 9.17) is 0 Å². The molecule has 23 rings (SSSR count). The Bertz CT molecular complexity index is 7190. The molecule has 19 aromatic carbocycles. The molecule has 0 spiro atoms. The fourth-order valence-corrected chi connectivity index (χ4v) is 19.4. The van der Waals surface area contributed by atoms with Gasteiger partial charge in [0.15, 0.2) is 0 Å². The van der Waals surface area contributed by atoms with Crippen LogP contribution in [-0.4, -0.2) is 15.8 Å². The van der Waals surface area contributed by atoms with Gasteiger partial charge in [0.25, 0.3) is 6.71 Å². The van der Waals surface area contributed by atoms with Crippen LogP contribution in [0.25, 0.3) is 165 Å². The highest BCUT2D eigenvalue weighted by atomic mass is 15.2. The lowest BCUT2D eigenvalue weighted by molar-refractivity contribution is 0.591. The molecule has 2 aromatic heterocycles. The Hall–Kier alpha value is -14.5. The van der Waals surface area contributed by atoms with Crippen molar-refractivity contribution in [2.24, 2.45) is 0 Å². The third kappa shape index (κ3) is 10.5. The quantitative estimate of drug-likeness (QED) is 0.0948. The molecule has 0 radical (unpaired) electrons. The first-order valence-corrected chi connectivity index (χ1v) is 40.1. The highest BCUT2D eigenvalue weighted by Crippen LogP contribution is 2.56. The average molecular weight is 1460 g/mol. The van der Waals surface area contributed by atoms with E-state index in [2.05, 4.69) is 440 Å². The van der Waals surface area contributed by atoms with Crippen LogP contribution >= 0.6 is 0 Å². The summed E-state index contributed by atoms with van der Waals surface area (Å²) >= 11 is 0. The molecule has 0 aliphatic carbocycles. The molecule has 4 nitrogen and oxygen atoms in total. The van der Waals surface area contributed by atoms with E-state index in [1.807, 2.05) is 0 Å². The van der Waals surface area contributed by atoms with Crippen molar-refractivity contribution >= 4 is 133 Å². The van der Waals surface area contributed by atoms with Crippen LogP contribution in [0.5, 0.6) is 0 Å². The molecule has 0 amide bonds. The van der Waals surface area contributed by atoms with Gasteiger partial charge in [-0.1, -0.05) is 330 Å². The molecule has 115 heavy (non-hydrogen) atoms. The number of aromatic nitrogens is 2. The van der Waals surface area contributed by atoms with Gasteiger partial charge < -0.3 is 18.9 Å². The van der Waals surface area contributed by atoms with Gasteiger partial charge in [-0.3, -0.25) is 0 Å². The summed E-state index contributed by atoms with van der Waals surface area (Å²) in [6.07, 6.45) is 0. The van der Waals surface area contributed by atoms with E-state index in [0.29, 0.717) is 0 Å². The molecule has 5 heteroatoms. The first-order chi connectivity index (χ1) is 56.7. The molecule has 2 aliphatic heterocycles. The van der Waals surface area contributed by atoms with Crippen LogP contribution in [-0.2, 0) is 5.41 Å². The Morgan fingerprint density at radius 2 is 0.557 bits per heavy atom. The molecule has 21 aromatic rings.